The summed E-state index contributed by atoms with van der Waals surface area (Å²) in [7, 11) is 0. The van der Waals surface area contributed by atoms with Crippen LogP contribution in [-0.2, 0) is 9.47 Å². The Bertz CT molecular complexity index is 158. The molecule has 84 valence electrons. The zero-order valence-corrected chi connectivity index (χ0v) is 9.76. The van der Waals surface area contributed by atoms with E-state index in [1.807, 2.05) is 20.8 Å². The van der Waals surface area contributed by atoms with Crippen molar-refractivity contribution >= 4 is 6.16 Å². The summed E-state index contributed by atoms with van der Waals surface area (Å²) in [6.45, 7) is 9.01. The highest BCUT2D eigenvalue weighted by Crippen LogP contribution is 2.13. The first-order valence-electron chi connectivity index (χ1n) is 5.25. The van der Waals surface area contributed by atoms with Gasteiger partial charge in [-0.1, -0.05) is 40.5 Å². The standard InChI is InChI=1S/C11H22O3/c1-5-6-7-8-13-10(12)14-9-11(2,3)4/h5-9H2,1-4H3. The van der Waals surface area contributed by atoms with Crippen molar-refractivity contribution in [2.75, 3.05) is 13.2 Å². The summed E-state index contributed by atoms with van der Waals surface area (Å²) >= 11 is 0. The quantitative estimate of drug-likeness (QED) is 0.506. The molecule has 0 spiro atoms. The molecule has 0 aliphatic carbocycles. The van der Waals surface area contributed by atoms with Crippen molar-refractivity contribution in [1.82, 2.24) is 0 Å². The highest BCUT2D eigenvalue weighted by Gasteiger charge is 2.14. The van der Waals surface area contributed by atoms with Crippen molar-refractivity contribution in [2.45, 2.75) is 47.0 Å². The summed E-state index contributed by atoms with van der Waals surface area (Å²) in [5.41, 5.74) is 0.00242. The summed E-state index contributed by atoms with van der Waals surface area (Å²) in [6.07, 6.45) is 2.59. The van der Waals surface area contributed by atoms with Crippen LogP contribution in [0.25, 0.3) is 0 Å². The molecule has 0 radical (unpaired) electrons. The van der Waals surface area contributed by atoms with Crippen LogP contribution >= 0.6 is 0 Å². The number of carbonyl (C=O) groups is 1. The van der Waals surface area contributed by atoms with Gasteiger partial charge in [-0.15, -0.1) is 0 Å². The van der Waals surface area contributed by atoms with Gasteiger partial charge in [-0.05, 0) is 11.8 Å². The van der Waals surface area contributed by atoms with Crippen molar-refractivity contribution in [3.8, 4) is 0 Å². The van der Waals surface area contributed by atoms with Gasteiger partial charge in [-0.3, -0.25) is 0 Å². The monoisotopic (exact) mass is 202 g/mol. The maximum absolute atomic E-state index is 11.0. The fourth-order valence-corrected chi connectivity index (χ4v) is 0.825. The van der Waals surface area contributed by atoms with Crippen LogP contribution in [0.15, 0.2) is 0 Å². The zero-order chi connectivity index (χ0) is 11.0. The van der Waals surface area contributed by atoms with E-state index in [-0.39, 0.29) is 5.41 Å². The Kier molecular flexibility index (Phi) is 6.34. The van der Waals surface area contributed by atoms with Gasteiger partial charge in [0.25, 0.3) is 0 Å². The first kappa shape index (κ1) is 13.3. The number of unbranched alkanes of at least 4 members (excludes halogenated alkanes) is 2. The molecule has 14 heavy (non-hydrogen) atoms. The van der Waals surface area contributed by atoms with Crippen LogP contribution in [0, 0.1) is 5.41 Å². The molecule has 0 aliphatic heterocycles. The molecule has 0 N–H and O–H groups in total. The van der Waals surface area contributed by atoms with E-state index in [1.54, 1.807) is 0 Å². The van der Waals surface area contributed by atoms with E-state index in [0.29, 0.717) is 13.2 Å². The summed E-state index contributed by atoms with van der Waals surface area (Å²) in [4.78, 5) is 11.0. The smallest absolute Gasteiger partial charge is 0.434 e. The summed E-state index contributed by atoms with van der Waals surface area (Å²) in [5.74, 6) is 0. The van der Waals surface area contributed by atoms with E-state index in [4.69, 9.17) is 9.47 Å². The third-order valence-electron chi connectivity index (χ3n) is 1.59. The average molecular weight is 202 g/mol. The Morgan fingerprint density at radius 1 is 1.14 bits per heavy atom. The molecule has 0 aromatic rings. The van der Waals surface area contributed by atoms with E-state index in [1.165, 1.54) is 0 Å². The van der Waals surface area contributed by atoms with Gasteiger partial charge in [-0.2, -0.15) is 0 Å². The second-order valence-corrected chi connectivity index (χ2v) is 4.65. The number of ether oxygens (including phenoxy) is 2. The summed E-state index contributed by atoms with van der Waals surface area (Å²) in [5, 5.41) is 0. The van der Waals surface area contributed by atoms with Gasteiger partial charge >= 0.3 is 6.16 Å². The lowest BCUT2D eigenvalue weighted by Gasteiger charge is -2.17. The fraction of sp³-hybridized carbons (Fsp3) is 0.909. The molecule has 0 amide bonds. The number of carbonyl (C=O) groups excluding carboxylic acids is 1. The average Bonchev–Trinajstić information content (AvgIpc) is 2.08. The molecular formula is C11H22O3. The fourth-order valence-electron chi connectivity index (χ4n) is 0.825. The number of hydrogen-bond acceptors (Lipinski definition) is 3. The highest BCUT2D eigenvalue weighted by molar-refractivity contribution is 5.59. The lowest BCUT2D eigenvalue weighted by Crippen LogP contribution is -2.19. The van der Waals surface area contributed by atoms with Crippen LogP contribution in [0.3, 0.4) is 0 Å². The second kappa shape index (κ2) is 6.68. The van der Waals surface area contributed by atoms with Crippen LogP contribution < -0.4 is 0 Å². The Hall–Kier alpha value is -0.730. The lowest BCUT2D eigenvalue weighted by atomic mass is 9.99. The van der Waals surface area contributed by atoms with Crippen LogP contribution in [0.2, 0.25) is 0 Å². The molecule has 3 heteroatoms. The molecule has 0 aliphatic rings. The predicted octanol–water partition coefficient (Wildman–Crippen LogP) is 3.38. The topological polar surface area (TPSA) is 35.5 Å². The molecule has 0 aromatic heterocycles. The van der Waals surface area contributed by atoms with E-state index >= 15 is 0 Å². The molecule has 0 rings (SSSR count). The minimum Gasteiger partial charge on any atom is -0.434 e. The van der Waals surface area contributed by atoms with Crippen LogP contribution in [0.4, 0.5) is 4.79 Å². The van der Waals surface area contributed by atoms with Crippen LogP contribution in [0.1, 0.15) is 47.0 Å². The second-order valence-electron chi connectivity index (χ2n) is 4.65. The van der Waals surface area contributed by atoms with E-state index in [0.717, 1.165) is 19.3 Å². The molecule has 0 heterocycles. The van der Waals surface area contributed by atoms with Gasteiger partial charge in [-0.25, -0.2) is 4.79 Å². The van der Waals surface area contributed by atoms with Crippen molar-refractivity contribution < 1.29 is 14.3 Å². The molecule has 3 nitrogen and oxygen atoms in total. The molecule has 0 unspecified atom stereocenters. The van der Waals surface area contributed by atoms with Gasteiger partial charge in [0.1, 0.15) is 0 Å². The van der Waals surface area contributed by atoms with E-state index in [9.17, 15) is 4.79 Å². The molecule has 0 aromatic carbocycles. The Morgan fingerprint density at radius 3 is 2.29 bits per heavy atom. The van der Waals surface area contributed by atoms with Gasteiger partial charge in [0.2, 0.25) is 0 Å². The number of hydrogen-bond donors (Lipinski definition) is 0. The highest BCUT2D eigenvalue weighted by atomic mass is 16.7. The first-order chi connectivity index (χ1) is 6.45. The molecular weight excluding hydrogens is 180 g/mol. The van der Waals surface area contributed by atoms with Crippen molar-refractivity contribution in [1.29, 1.82) is 0 Å². The maximum Gasteiger partial charge on any atom is 0.508 e. The van der Waals surface area contributed by atoms with Crippen molar-refractivity contribution in [2.24, 2.45) is 5.41 Å². The van der Waals surface area contributed by atoms with Gasteiger partial charge < -0.3 is 9.47 Å². The summed E-state index contributed by atoms with van der Waals surface area (Å²) in [6, 6.07) is 0. The largest absolute Gasteiger partial charge is 0.508 e. The molecule has 0 saturated heterocycles. The van der Waals surface area contributed by atoms with Gasteiger partial charge in [0.05, 0.1) is 13.2 Å². The normalized spacial score (nSPS) is 11.1. The Balaban J connectivity index is 3.38. The van der Waals surface area contributed by atoms with Gasteiger partial charge in [0.15, 0.2) is 0 Å². The third kappa shape index (κ3) is 9.36. The number of rotatable bonds is 5. The molecule has 0 bridgehead atoms. The first-order valence-corrected chi connectivity index (χ1v) is 5.25. The van der Waals surface area contributed by atoms with E-state index in [2.05, 4.69) is 6.92 Å². The predicted molar refractivity (Wildman–Crippen MR) is 56.3 cm³/mol. The van der Waals surface area contributed by atoms with Crippen LogP contribution in [-0.4, -0.2) is 19.4 Å². The van der Waals surface area contributed by atoms with Crippen LogP contribution in [0.5, 0.6) is 0 Å². The SMILES string of the molecule is CCCCCOC(=O)OCC(C)(C)C. The Labute approximate surface area is 86.8 Å². The molecule has 0 atom stereocenters. The minimum atomic E-state index is -0.545. The Morgan fingerprint density at radius 2 is 1.79 bits per heavy atom. The van der Waals surface area contributed by atoms with Gasteiger partial charge in [0, 0.05) is 0 Å². The molecule has 0 saturated carbocycles. The minimum absolute atomic E-state index is 0.00242. The maximum atomic E-state index is 11.0. The van der Waals surface area contributed by atoms with Crippen molar-refractivity contribution in [3.63, 3.8) is 0 Å². The summed E-state index contributed by atoms with van der Waals surface area (Å²) < 4.78 is 9.80. The van der Waals surface area contributed by atoms with Crippen molar-refractivity contribution in [3.05, 3.63) is 0 Å². The lowest BCUT2D eigenvalue weighted by molar-refractivity contribution is 0.0324. The van der Waals surface area contributed by atoms with E-state index < -0.39 is 6.16 Å². The zero-order valence-electron chi connectivity index (χ0n) is 9.76. The molecule has 0 fully saturated rings. The third-order valence-corrected chi connectivity index (χ3v) is 1.59.